The predicted molar refractivity (Wildman–Crippen MR) is 254 cm³/mol. The van der Waals surface area contributed by atoms with Gasteiger partial charge in [0.25, 0.3) is 0 Å². The van der Waals surface area contributed by atoms with E-state index in [0.29, 0.717) is 0 Å². The molecule has 0 aliphatic heterocycles. The van der Waals surface area contributed by atoms with E-state index in [-0.39, 0.29) is 0 Å². The third-order valence-corrected chi connectivity index (χ3v) is 13.7. The van der Waals surface area contributed by atoms with Gasteiger partial charge >= 0.3 is 0 Å². The van der Waals surface area contributed by atoms with Gasteiger partial charge in [-0.15, -0.1) is 0 Å². The highest BCUT2D eigenvalue weighted by Crippen LogP contribution is 2.64. The van der Waals surface area contributed by atoms with Crippen LogP contribution in [0.3, 0.4) is 0 Å². The highest BCUT2D eigenvalue weighted by molar-refractivity contribution is 6.00. The van der Waals surface area contributed by atoms with Gasteiger partial charge < -0.3 is 0 Å². The summed E-state index contributed by atoms with van der Waals surface area (Å²) in [5, 5.41) is 0. The maximum Gasteiger partial charge on any atom is 0.0725 e. The Hall–Kier alpha value is -7.80. The highest BCUT2D eigenvalue weighted by Gasteiger charge is 2.51. The highest BCUT2D eigenvalue weighted by atomic mass is 14.5. The monoisotopic (exact) mass is 770 g/mol. The molecule has 0 amide bonds. The topological polar surface area (TPSA) is 0 Å². The lowest BCUT2D eigenvalue weighted by Crippen LogP contribution is -2.26. The maximum atomic E-state index is 2.53. The molecule has 0 heteroatoms. The van der Waals surface area contributed by atoms with E-state index >= 15 is 0 Å². The molecule has 0 heterocycles. The molecule has 6 bridgehead atoms. The summed E-state index contributed by atoms with van der Waals surface area (Å²) in [6.45, 7) is 0. The van der Waals surface area contributed by atoms with Crippen molar-refractivity contribution in [2.24, 2.45) is 0 Å². The van der Waals surface area contributed by atoms with Crippen LogP contribution in [-0.2, 0) is 5.41 Å². The van der Waals surface area contributed by atoms with Gasteiger partial charge in [0.2, 0.25) is 0 Å². The van der Waals surface area contributed by atoms with E-state index < -0.39 is 5.41 Å². The Bertz CT molecular complexity index is 3360. The minimum atomic E-state index is -0.444. The quantitative estimate of drug-likeness (QED) is 0.167. The molecule has 13 rings (SSSR count). The van der Waals surface area contributed by atoms with Gasteiger partial charge in [0, 0.05) is 0 Å². The van der Waals surface area contributed by atoms with Crippen LogP contribution in [0.5, 0.6) is 0 Å². The van der Waals surface area contributed by atoms with Gasteiger partial charge in [0.05, 0.1) is 5.41 Å². The van der Waals surface area contributed by atoms with E-state index in [4.69, 9.17) is 0 Å². The Morgan fingerprint density at radius 1 is 0.164 bits per heavy atom. The molecule has 0 saturated carbocycles. The second-order valence-corrected chi connectivity index (χ2v) is 16.8. The predicted octanol–water partition coefficient (Wildman–Crippen LogP) is 16.0. The first-order chi connectivity index (χ1) is 30.2. The molecular formula is C61H38. The lowest BCUT2D eigenvalue weighted by Gasteiger charge is -2.31. The van der Waals surface area contributed by atoms with E-state index in [1.54, 1.807) is 0 Å². The molecule has 0 N–H and O–H groups in total. The van der Waals surface area contributed by atoms with Crippen molar-refractivity contribution < 1.29 is 0 Å². The van der Waals surface area contributed by atoms with Crippen LogP contribution in [0.4, 0.5) is 0 Å². The van der Waals surface area contributed by atoms with E-state index in [0.717, 1.165) is 0 Å². The summed E-state index contributed by atoms with van der Waals surface area (Å²) in [4.78, 5) is 0. The van der Waals surface area contributed by atoms with Crippen LogP contribution in [0.25, 0.3) is 100 Å². The Morgan fingerprint density at radius 3 is 0.984 bits per heavy atom. The summed E-state index contributed by atoms with van der Waals surface area (Å²) in [6, 6.07) is 86.5. The van der Waals surface area contributed by atoms with Gasteiger partial charge in [0.15, 0.2) is 0 Å². The van der Waals surface area contributed by atoms with Crippen molar-refractivity contribution in [3.05, 3.63) is 253 Å². The summed E-state index contributed by atoms with van der Waals surface area (Å²) in [5.74, 6) is 0. The molecule has 0 saturated heterocycles. The Balaban J connectivity index is 1.03. The molecule has 1 atom stereocenters. The van der Waals surface area contributed by atoms with Crippen molar-refractivity contribution in [3.63, 3.8) is 0 Å². The van der Waals surface area contributed by atoms with Crippen LogP contribution in [-0.4, -0.2) is 0 Å². The zero-order valence-electron chi connectivity index (χ0n) is 33.4. The van der Waals surface area contributed by atoms with Gasteiger partial charge in [0.1, 0.15) is 0 Å². The van der Waals surface area contributed by atoms with Gasteiger partial charge in [-0.3, -0.25) is 0 Å². The molecule has 282 valence electrons. The molecule has 1 unspecified atom stereocenters. The lowest BCUT2D eigenvalue weighted by molar-refractivity contribution is 0.794. The van der Waals surface area contributed by atoms with Gasteiger partial charge in [-0.1, -0.05) is 206 Å². The third kappa shape index (κ3) is 5.00. The van der Waals surface area contributed by atoms with Gasteiger partial charge in [-0.2, -0.15) is 0 Å². The van der Waals surface area contributed by atoms with E-state index in [9.17, 15) is 0 Å². The van der Waals surface area contributed by atoms with Crippen molar-refractivity contribution in [1.82, 2.24) is 0 Å². The summed E-state index contributed by atoms with van der Waals surface area (Å²) in [5.41, 5.74) is 27.4. The molecule has 10 aromatic rings. The van der Waals surface area contributed by atoms with Crippen LogP contribution >= 0.6 is 0 Å². The summed E-state index contributed by atoms with van der Waals surface area (Å²) in [7, 11) is 0. The molecule has 3 aliphatic rings. The van der Waals surface area contributed by atoms with E-state index in [2.05, 4.69) is 231 Å². The molecule has 0 fully saturated rings. The molecule has 3 aliphatic carbocycles. The first kappa shape index (κ1) is 34.1. The van der Waals surface area contributed by atoms with Crippen molar-refractivity contribution in [1.29, 1.82) is 0 Å². The summed E-state index contributed by atoms with van der Waals surface area (Å²) in [6.07, 6.45) is 0. The van der Waals surface area contributed by atoms with Crippen molar-refractivity contribution >= 4 is 0 Å². The maximum absolute atomic E-state index is 2.53. The standard InChI is InChI=1S/C61H38/c1-3-11-39(12-4-1)40-19-21-41(22-20-40)42-23-25-43(26-24-42)45-27-31-50-46-28-32-49(44-13-5-2-6-14-44)56(36-46)48-30-34-54-52-16-8-10-18-58(52)61(60(54)38-48)57-17-9-7-15-51(57)53-33-29-47(37-59(53)61)55(50)35-45/h1-38H. The molecule has 0 aromatic heterocycles. The van der Waals surface area contributed by atoms with Crippen molar-refractivity contribution in [2.45, 2.75) is 5.41 Å². The van der Waals surface area contributed by atoms with Crippen LogP contribution in [0.1, 0.15) is 22.3 Å². The number of benzene rings is 10. The number of fused-ring (bicyclic) bond motifs is 12. The average molecular weight is 771 g/mol. The first-order valence-corrected chi connectivity index (χ1v) is 21.3. The Morgan fingerprint density at radius 2 is 0.475 bits per heavy atom. The second-order valence-electron chi connectivity index (χ2n) is 16.8. The average Bonchev–Trinajstić information content (AvgIpc) is 3.81. The van der Waals surface area contributed by atoms with Crippen LogP contribution in [0.15, 0.2) is 231 Å². The second kappa shape index (κ2) is 13.1. The Kier molecular flexibility index (Phi) is 7.32. The normalized spacial score (nSPS) is 14.6. The fourth-order valence-electron chi connectivity index (χ4n) is 10.8. The third-order valence-electron chi connectivity index (χ3n) is 13.7. The van der Waals surface area contributed by atoms with Gasteiger partial charge in [-0.05, 0) is 147 Å². The Labute approximate surface area is 356 Å². The lowest BCUT2D eigenvalue weighted by atomic mass is 9.69. The number of hydrogen-bond acceptors (Lipinski definition) is 0. The number of hydrogen-bond donors (Lipinski definition) is 0. The van der Waals surface area contributed by atoms with Gasteiger partial charge in [-0.25, -0.2) is 0 Å². The van der Waals surface area contributed by atoms with Crippen LogP contribution < -0.4 is 0 Å². The van der Waals surface area contributed by atoms with Crippen LogP contribution in [0.2, 0.25) is 0 Å². The molecule has 10 aromatic carbocycles. The fourth-order valence-corrected chi connectivity index (χ4v) is 10.8. The zero-order chi connectivity index (χ0) is 40.1. The summed E-state index contributed by atoms with van der Waals surface area (Å²) >= 11 is 0. The SMILES string of the molecule is c1ccc(-c2ccc(-c3ccc(-c4ccc5c(c4)-c4ccc6c(c4)C4(c7ccccc7-6)c6ccccc6-c6ccc(cc64)-c4cc-5ccc4-c4ccccc4)cc3)cc2)cc1. The van der Waals surface area contributed by atoms with E-state index in [1.807, 2.05) is 0 Å². The van der Waals surface area contributed by atoms with E-state index in [1.165, 1.54) is 122 Å². The van der Waals surface area contributed by atoms with Crippen LogP contribution in [0, 0.1) is 0 Å². The van der Waals surface area contributed by atoms with Crippen molar-refractivity contribution in [3.8, 4) is 100 Å². The molecule has 0 nitrogen and oxygen atoms in total. The minimum Gasteiger partial charge on any atom is -0.0622 e. The smallest absolute Gasteiger partial charge is 0.0622 e. The summed E-state index contributed by atoms with van der Waals surface area (Å²) < 4.78 is 0. The fraction of sp³-hybridized carbons (Fsp3) is 0.0164. The first-order valence-electron chi connectivity index (χ1n) is 21.3. The van der Waals surface area contributed by atoms with Crippen molar-refractivity contribution in [2.75, 3.05) is 0 Å². The minimum absolute atomic E-state index is 0.444. The molecule has 0 radical (unpaired) electrons. The number of rotatable bonds is 4. The molecule has 1 spiro atoms. The largest absolute Gasteiger partial charge is 0.0725 e. The zero-order valence-corrected chi connectivity index (χ0v) is 33.4. The molecular weight excluding hydrogens is 733 g/mol. The molecule has 61 heavy (non-hydrogen) atoms.